The van der Waals surface area contributed by atoms with Gasteiger partial charge in [0.2, 0.25) is 0 Å². The molecule has 4 heteroatoms. The Morgan fingerprint density at radius 2 is 2.12 bits per heavy atom. The molecule has 1 aliphatic carbocycles. The van der Waals surface area contributed by atoms with E-state index in [1.54, 1.807) is 11.3 Å². The zero-order valence-corrected chi connectivity index (χ0v) is 14.2. The molecule has 0 N–H and O–H groups in total. The third kappa shape index (κ3) is 2.53. The summed E-state index contributed by atoms with van der Waals surface area (Å²) in [6.45, 7) is 2.21. The number of nitrogens with zero attached hydrogens (tertiary/aromatic N) is 1. The minimum absolute atomic E-state index is 0.246. The molecule has 0 saturated heterocycles. The van der Waals surface area contributed by atoms with Crippen LogP contribution in [0.5, 0.6) is 0 Å². The Kier molecular flexibility index (Phi) is 3.90. The van der Waals surface area contributed by atoms with Crippen molar-refractivity contribution in [2.45, 2.75) is 19.8 Å². The van der Waals surface area contributed by atoms with Crippen molar-refractivity contribution < 1.29 is 9.53 Å². The van der Waals surface area contributed by atoms with Gasteiger partial charge in [0.05, 0.1) is 23.4 Å². The van der Waals surface area contributed by atoms with Crippen molar-refractivity contribution >= 4 is 39.9 Å². The molecule has 0 fully saturated rings. The molecule has 0 spiro atoms. The van der Waals surface area contributed by atoms with Gasteiger partial charge in [-0.05, 0) is 54.5 Å². The number of aromatic nitrogens is 1. The van der Waals surface area contributed by atoms with Crippen LogP contribution in [0.2, 0.25) is 0 Å². The number of para-hydroxylation sites is 1. The highest BCUT2D eigenvalue weighted by atomic mass is 32.1. The zero-order chi connectivity index (χ0) is 16.5. The van der Waals surface area contributed by atoms with Crippen LogP contribution < -0.4 is 0 Å². The Bertz CT molecular complexity index is 942. The Hall–Kier alpha value is -2.46. The second kappa shape index (κ2) is 6.21. The summed E-state index contributed by atoms with van der Waals surface area (Å²) in [6.07, 6.45) is 3.93. The highest BCUT2D eigenvalue weighted by molar-refractivity contribution is 7.10. The molecular weight excluding hydrogens is 318 g/mol. The maximum atomic E-state index is 12.6. The van der Waals surface area contributed by atoms with Crippen LogP contribution in [0.3, 0.4) is 0 Å². The van der Waals surface area contributed by atoms with E-state index in [-0.39, 0.29) is 5.97 Å². The number of carbonyl (C=O) groups is 1. The highest BCUT2D eigenvalue weighted by Crippen LogP contribution is 2.38. The van der Waals surface area contributed by atoms with Gasteiger partial charge >= 0.3 is 5.97 Å². The summed E-state index contributed by atoms with van der Waals surface area (Å²) >= 11 is 1.71. The summed E-state index contributed by atoms with van der Waals surface area (Å²) in [5.74, 6) is -0.246. The number of hydrogen-bond donors (Lipinski definition) is 0. The number of hydrogen-bond acceptors (Lipinski definition) is 4. The summed E-state index contributed by atoms with van der Waals surface area (Å²) in [6, 6.07) is 12.0. The smallest absolute Gasteiger partial charge is 0.339 e. The second-order valence-electron chi connectivity index (χ2n) is 5.74. The van der Waals surface area contributed by atoms with Crippen LogP contribution in [0.15, 0.2) is 41.8 Å². The molecule has 0 radical (unpaired) electrons. The molecule has 3 aromatic rings. The summed E-state index contributed by atoms with van der Waals surface area (Å²) in [7, 11) is 0. The van der Waals surface area contributed by atoms with Gasteiger partial charge in [-0.1, -0.05) is 24.3 Å². The molecule has 0 bridgehead atoms. The molecule has 0 aliphatic heterocycles. The fourth-order valence-electron chi connectivity index (χ4n) is 3.26. The van der Waals surface area contributed by atoms with Gasteiger partial charge in [-0.2, -0.15) is 0 Å². The van der Waals surface area contributed by atoms with E-state index >= 15 is 0 Å². The van der Waals surface area contributed by atoms with E-state index in [0.29, 0.717) is 12.2 Å². The Morgan fingerprint density at radius 1 is 1.25 bits per heavy atom. The van der Waals surface area contributed by atoms with Crippen LogP contribution in [0.4, 0.5) is 0 Å². The summed E-state index contributed by atoms with van der Waals surface area (Å²) in [5.41, 5.74) is 4.70. The van der Waals surface area contributed by atoms with E-state index in [4.69, 9.17) is 9.72 Å². The van der Waals surface area contributed by atoms with E-state index in [1.807, 2.05) is 37.3 Å². The molecule has 0 atom stereocenters. The second-order valence-corrected chi connectivity index (χ2v) is 6.72. The Labute approximate surface area is 144 Å². The lowest BCUT2D eigenvalue weighted by Gasteiger charge is -2.11. The van der Waals surface area contributed by atoms with Crippen molar-refractivity contribution in [3.05, 3.63) is 63.5 Å². The lowest BCUT2D eigenvalue weighted by atomic mass is 10.0. The fourth-order valence-corrected chi connectivity index (χ4v) is 3.94. The van der Waals surface area contributed by atoms with Crippen molar-refractivity contribution in [2.24, 2.45) is 0 Å². The Balaban J connectivity index is 1.94. The summed E-state index contributed by atoms with van der Waals surface area (Å²) < 4.78 is 5.32. The molecule has 0 saturated carbocycles. The van der Waals surface area contributed by atoms with Crippen molar-refractivity contribution in [3.8, 4) is 0 Å². The predicted molar refractivity (Wildman–Crippen MR) is 98.2 cm³/mol. The van der Waals surface area contributed by atoms with E-state index in [1.165, 1.54) is 10.5 Å². The monoisotopic (exact) mass is 335 g/mol. The minimum Gasteiger partial charge on any atom is -0.462 e. The number of ether oxygens (including phenoxy) is 1. The van der Waals surface area contributed by atoms with Crippen LogP contribution in [0.25, 0.3) is 22.6 Å². The van der Waals surface area contributed by atoms with E-state index in [9.17, 15) is 4.79 Å². The maximum Gasteiger partial charge on any atom is 0.339 e. The van der Waals surface area contributed by atoms with Crippen LogP contribution in [0, 0.1) is 0 Å². The molecule has 120 valence electrons. The Morgan fingerprint density at radius 3 is 2.92 bits per heavy atom. The number of pyridine rings is 1. The topological polar surface area (TPSA) is 39.2 Å². The van der Waals surface area contributed by atoms with Crippen LogP contribution in [-0.4, -0.2) is 17.6 Å². The van der Waals surface area contributed by atoms with Crippen LogP contribution >= 0.6 is 11.3 Å². The zero-order valence-electron chi connectivity index (χ0n) is 13.4. The van der Waals surface area contributed by atoms with Gasteiger partial charge in [-0.3, -0.25) is 0 Å². The van der Waals surface area contributed by atoms with Gasteiger partial charge < -0.3 is 4.74 Å². The van der Waals surface area contributed by atoms with Gasteiger partial charge in [0.15, 0.2) is 0 Å². The minimum atomic E-state index is -0.246. The van der Waals surface area contributed by atoms with E-state index < -0.39 is 0 Å². The maximum absolute atomic E-state index is 12.6. The normalized spacial score (nSPS) is 15.0. The van der Waals surface area contributed by atoms with Gasteiger partial charge in [0.25, 0.3) is 0 Å². The van der Waals surface area contributed by atoms with E-state index in [2.05, 4.69) is 17.5 Å². The van der Waals surface area contributed by atoms with Gasteiger partial charge in [-0.15, -0.1) is 11.3 Å². The summed E-state index contributed by atoms with van der Waals surface area (Å²) in [5, 5.41) is 2.95. The molecule has 1 aromatic carbocycles. The first-order chi connectivity index (χ1) is 11.8. The van der Waals surface area contributed by atoms with Crippen molar-refractivity contribution in [1.29, 1.82) is 0 Å². The van der Waals surface area contributed by atoms with Gasteiger partial charge in [0.1, 0.15) is 0 Å². The third-order valence-electron chi connectivity index (χ3n) is 4.28. The number of esters is 1. The van der Waals surface area contributed by atoms with E-state index in [0.717, 1.165) is 35.0 Å². The molecule has 2 aromatic heterocycles. The van der Waals surface area contributed by atoms with Crippen LogP contribution in [-0.2, 0) is 11.2 Å². The molecule has 3 nitrogen and oxygen atoms in total. The highest BCUT2D eigenvalue weighted by Gasteiger charge is 2.27. The molecule has 0 amide bonds. The number of allylic oxidation sites excluding steroid dienone is 1. The first kappa shape index (κ1) is 15.1. The molecular formula is C20H17NO2S. The lowest BCUT2D eigenvalue weighted by molar-refractivity contribution is 0.0527. The van der Waals surface area contributed by atoms with Gasteiger partial charge in [-0.25, -0.2) is 9.78 Å². The molecule has 1 aliphatic rings. The van der Waals surface area contributed by atoms with Crippen molar-refractivity contribution in [2.75, 3.05) is 6.61 Å². The number of fused-ring (bicyclic) bond motifs is 2. The molecule has 24 heavy (non-hydrogen) atoms. The predicted octanol–water partition coefficient (Wildman–Crippen LogP) is 4.96. The third-order valence-corrected chi connectivity index (χ3v) is 5.10. The first-order valence-electron chi connectivity index (χ1n) is 8.11. The average Bonchev–Trinajstić information content (AvgIpc) is 3.24. The standard InChI is InChI=1S/C20H17NO2S/c1-2-23-20(22)18-15-7-3-4-8-17(15)21-19-13(9-10-16(18)19)12-14-6-5-11-24-14/h3-8,11-12H,2,9-10H2,1H3/b13-12+. The number of carbonyl (C=O) groups excluding carboxylic acids is 1. The lowest BCUT2D eigenvalue weighted by Crippen LogP contribution is -2.10. The number of rotatable bonds is 3. The molecule has 2 heterocycles. The number of thiophene rings is 1. The van der Waals surface area contributed by atoms with Gasteiger partial charge in [0, 0.05) is 10.3 Å². The van der Waals surface area contributed by atoms with Crippen LogP contribution in [0.1, 0.15) is 39.8 Å². The van der Waals surface area contributed by atoms with Crippen molar-refractivity contribution in [3.63, 3.8) is 0 Å². The number of benzene rings is 1. The largest absolute Gasteiger partial charge is 0.462 e. The quantitative estimate of drug-likeness (QED) is 0.635. The first-order valence-corrected chi connectivity index (χ1v) is 8.99. The SMILES string of the molecule is CCOC(=O)c1c2c(nc3ccccc13)/C(=C/c1cccs1)CC2. The fraction of sp³-hybridized carbons (Fsp3) is 0.200. The van der Waals surface area contributed by atoms with Crippen molar-refractivity contribution in [1.82, 2.24) is 4.98 Å². The summed E-state index contributed by atoms with van der Waals surface area (Å²) in [4.78, 5) is 18.6. The molecule has 4 rings (SSSR count). The molecule has 0 unspecified atom stereocenters. The average molecular weight is 335 g/mol.